The van der Waals surface area contributed by atoms with Gasteiger partial charge in [0.15, 0.2) is 0 Å². The minimum absolute atomic E-state index is 0.0716. The van der Waals surface area contributed by atoms with Gasteiger partial charge in [0.1, 0.15) is 18.1 Å². The summed E-state index contributed by atoms with van der Waals surface area (Å²) in [6.07, 6.45) is -0.517. The number of aliphatic carboxylic acids is 3. The Hall–Kier alpha value is -3.40. The Bertz CT molecular complexity index is 809. The molecule has 0 aromatic carbocycles. The zero-order valence-corrected chi connectivity index (χ0v) is 19.8. The van der Waals surface area contributed by atoms with E-state index in [0.29, 0.717) is 5.75 Å². The average Bonchev–Trinajstić information content (AvgIpc) is 2.75. The first-order valence-corrected chi connectivity index (χ1v) is 11.8. The van der Waals surface area contributed by atoms with Gasteiger partial charge in [0, 0.05) is 12.8 Å². The molecule has 0 aliphatic carbocycles. The van der Waals surface area contributed by atoms with Crippen molar-refractivity contribution in [1.29, 1.82) is 0 Å². The molecule has 4 atom stereocenters. The van der Waals surface area contributed by atoms with E-state index in [1.165, 1.54) is 11.8 Å². The summed E-state index contributed by atoms with van der Waals surface area (Å²) in [7, 11) is 0. The molecular formula is C19H31N5O10S. The summed E-state index contributed by atoms with van der Waals surface area (Å²) in [6.45, 7) is 0. The number of carbonyl (C=O) groups is 7. The maximum absolute atomic E-state index is 12.8. The second kappa shape index (κ2) is 16.3. The fourth-order valence-electron chi connectivity index (χ4n) is 2.69. The number of primary amides is 1. The Morgan fingerprint density at radius 2 is 1.23 bits per heavy atom. The number of carboxylic acids is 3. The third kappa shape index (κ3) is 13.8. The van der Waals surface area contributed by atoms with Crippen LogP contribution in [0.25, 0.3) is 0 Å². The second-order valence-electron chi connectivity index (χ2n) is 7.44. The largest absolute Gasteiger partial charge is 0.481 e. The molecule has 15 nitrogen and oxygen atoms in total. The molecule has 0 aromatic rings. The average molecular weight is 522 g/mol. The van der Waals surface area contributed by atoms with E-state index in [-0.39, 0.29) is 19.3 Å². The maximum Gasteiger partial charge on any atom is 0.326 e. The van der Waals surface area contributed by atoms with Crippen molar-refractivity contribution in [3.63, 3.8) is 0 Å². The summed E-state index contributed by atoms with van der Waals surface area (Å²) in [6, 6.07) is -5.69. The summed E-state index contributed by atoms with van der Waals surface area (Å²) < 4.78 is 0. The summed E-state index contributed by atoms with van der Waals surface area (Å²) in [4.78, 5) is 81.8. The van der Waals surface area contributed by atoms with Crippen LogP contribution in [0.1, 0.15) is 38.5 Å². The predicted molar refractivity (Wildman–Crippen MR) is 122 cm³/mol. The van der Waals surface area contributed by atoms with Gasteiger partial charge in [-0.2, -0.15) is 11.8 Å². The van der Waals surface area contributed by atoms with E-state index < -0.39 is 85.0 Å². The van der Waals surface area contributed by atoms with Crippen molar-refractivity contribution < 1.29 is 48.9 Å². The monoisotopic (exact) mass is 521 g/mol. The first kappa shape index (κ1) is 31.6. The number of thioether (sulfide) groups is 1. The summed E-state index contributed by atoms with van der Waals surface area (Å²) in [5, 5.41) is 33.7. The van der Waals surface area contributed by atoms with E-state index in [1.54, 1.807) is 6.26 Å². The number of hydrogen-bond acceptors (Lipinski definition) is 9. The smallest absolute Gasteiger partial charge is 0.326 e. The lowest BCUT2D eigenvalue weighted by Crippen LogP contribution is -2.57. The molecule has 0 bridgehead atoms. The van der Waals surface area contributed by atoms with Gasteiger partial charge in [0.25, 0.3) is 0 Å². The van der Waals surface area contributed by atoms with Crippen LogP contribution in [0, 0.1) is 0 Å². The van der Waals surface area contributed by atoms with Crippen molar-refractivity contribution in [3.05, 3.63) is 0 Å². The van der Waals surface area contributed by atoms with Gasteiger partial charge in [-0.15, -0.1) is 0 Å². The molecule has 4 amide bonds. The van der Waals surface area contributed by atoms with Crippen molar-refractivity contribution in [1.82, 2.24) is 16.0 Å². The highest BCUT2D eigenvalue weighted by atomic mass is 32.2. The van der Waals surface area contributed by atoms with Crippen molar-refractivity contribution in [2.75, 3.05) is 12.0 Å². The van der Waals surface area contributed by atoms with Gasteiger partial charge in [0.2, 0.25) is 23.6 Å². The van der Waals surface area contributed by atoms with Crippen LogP contribution in [0.3, 0.4) is 0 Å². The molecule has 10 N–H and O–H groups in total. The number of amides is 4. The lowest BCUT2D eigenvalue weighted by atomic mass is 10.1. The second-order valence-corrected chi connectivity index (χ2v) is 8.43. The van der Waals surface area contributed by atoms with Crippen LogP contribution in [0.15, 0.2) is 0 Å². The van der Waals surface area contributed by atoms with Gasteiger partial charge in [-0.3, -0.25) is 28.8 Å². The first-order valence-electron chi connectivity index (χ1n) is 10.4. The summed E-state index contributed by atoms with van der Waals surface area (Å²) in [5.41, 5.74) is 10.5. The van der Waals surface area contributed by atoms with Crippen LogP contribution in [0.4, 0.5) is 0 Å². The standard InChI is InChI=1S/C19H31N5O10S/c1-35-7-6-11(22-16(30)9(20)8-15(28)29)18(32)23-10(3-5-14(26)27)17(31)24-12(19(33)34)2-4-13(21)25/h9-12H,2-8,20H2,1H3,(H2,21,25)(H,22,30)(H,23,32)(H,24,31)(H,26,27)(H,28,29)(H,33,34). The van der Waals surface area contributed by atoms with E-state index in [2.05, 4.69) is 16.0 Å². The fraction of sp³-hybridized carbons (Fsp3) is 0.632. The Morgan fingerprint density at radius 1 is 0.743 bits per heavy atom. The van der Waals surface area contributed by atoms with Gasteiger partial charge in [-0.05, 0) is 31.3 Å². The molecule has 0 radical (unpaired) electrons. The van der Waals surface area contributed by atoms with Crippen LogP contribution < -0.4 is 27.4 Å². The third-order valence-electron chi connectivity index (χ3n) is 4.55. The van der Waals surface area contributed by atoms with E-state index in [4.69, 9.17) is 21.7 Å². The van der Waals surface area contributed by atoms with Crippen molar-refractivity contribution in [2.24, 2.45) is 11.5 Å². The molecule has 198 valence electrons. The van der Waals surface area contributed by atoms with Gasteiger partial charge in [0.05, 0.1) is 12.5 Å². The Balaban J connectivity index is 5.55. The molecule has 4 unspecified atom stereocenters. The number of nitrogens with two attached hydrogens (primary N) is 2. The molecule has 35 heavy (non-hydrogen) atoms. The molecule has 0 rings (SSSR count). The number of carboxylic acid groups (broad SMARTS) is 3. The fourth-order valence-corrected chi connectivity index (χ4v) is 3.16. The van der Waals surface area contributed by atoms with Crippen molar-refractivity contribution >= 4 is 53.3 Å². The van der Waals surface area contributed by atoms with Crippen LogP contribution in [0.5, 0.6) is 0 Å². The molecule has 0 saturated carbocycles. The highest BCUT2D eigenvalue weighted by molar-refractivity contribution is 7.98. The summed E-state index contributed by atoms with van der Waals surface area (Å²) >= 11 is 1.34. The van der Waals surface area contributed by atoms with Crippen LogP contribution in [0.2, 0.25) is 0 Å². The van der Waals surface area contributed by atoms with Crippen LogP contribution in [-0.2, 0) is 33.6 Å². The molecule has 0 aliphatic heterocycles. The maximum atomic E-state index is 12.8. The van der Waals surface area contributed by atoms with E-state index in [9.17, 15) is 38.7 Å². The van der Waals surface area contributed by atoms with Gasteiger partial charge >= 0.3 is 17.9 Å². The van der Waals surface area contributed by atoms with Crippen LogP contribution in [-0.4, -0.2) is 93.0 Å². The Labute approximate surface area is 204 Å². The molecule has 16 heteroatoms. The van der Waals surface area contributed by atoms with Crippen LogP contribution >= 0.6 is 11.8 Å². The minimum Gasteiger partial charge on any atom is -0.481 e. The zero-order chi connectivity index (χ0) is 27.1. The molecule has 0 heterocycles. The van der Waals surface area contributed by atoms with Crippen molar-refractivity contribution in [3.8, 4) is 0 Å². The zero-order valence-electron chi connectivity index (χ0n) is 19.0. The van der Waals surface area contributed by atoms with Crippen molar-refractivity contribution in [2.45, 2.75) is 62.7 Å². The van der Waals surface area contributed by atoms with Gasteiger partial charge in [-0.1, -0.05) is 0 Å². The molecule has 0 aliphatic rings. The predicted octanol–water partition coefficient (Wildman–Crippen LogP) is -2.79. The first-order chi connectivity index (χ1) is 16.3. The van der Waals surface area contributed by atoms with Gasteiger partial charge < -0.3 is 42.7 Å². The number of nitrogens with one attached hydrogen (secondary N) is 3. The quantitative estimate of drug-likeness (QED) is 0.0909. The Kier molecular flexibility index (Phi) is 14.7. The highest BCUT2D eigenvalue weighted by Crippen LogP contribution is 2.06. The van der Waals surface area contributed by atoms with Gasteiger partial charge in [-0.25, -0.2) is 4.79 Å². The summed E-state index contributed by atoms with van der Waals surface area (Å²) in [5.74, 6) is -7.32. The third-order valence-corrected chi connectivity index (χ3v) is 5.19. The van der Waals surface area contributed by atoms with E-state index >= 15 is 0 Å². The van der Waals surface area contributed by atoms with E-state index in [0.717, 1.165) is 0 Å². The minimum atomic E-state index is -1.53. The number of hydrogen-bond donors (Lipinski definition) is 8. The highest BCUT2D eigenvalue weighted by Gasteiger charge is 2.31. The lowest BCUT2D eigenvalue weighted by molar-refractivity contribution is -0.143. The number of rotatable bonds is 18. The molecule has 0 spiro atoms. The normalized spacial score (nSPS) is 14.0. The Morgan fingerprint density at radius 3 is 1.69 bits per heavy atom. The molecular weight excluding hydrogens is 490 g/mol. The topological polar surface area (TPSA) is 268 Å². The molecule has 0 fully saturated rings. The SMILES string of the molecule is CSCCC(NC(=O)C(N)CC(=O)O)C(=O)NC(CCC(=O)O)C(=O)NC(CCC(N)=O)C(=O)O. The molecule has 0 saturated heterocycles. The lowest BCUT2D eigenvalue weighted by Gasteiger charge is -2.25. The number of carbonyl (C=O) groups excluding carboxylic acids is 4. The van der Waals surface area contributed by atoms with E-state index in [1.807, 2.05) is 0 Å². The molecule has 0 aromatic heterocycles.